The van der Waals surface area contributed by atoms with Crippen molar-refractivity contribution >= 4 is 23.6 Å². The number of amides is 4. The van der Waals surface area contributed by atoms with Crippen molar-refractivity contribution in [3.8, 4) is 0 Å². The van der Waals surface area contributed by atoms with Gasteiger partial charge in [-0.05, 0) is 51.0 Å². The van der Waals surface area contributed by atoms with E-state index in [1.807, 2.05) is 20.9 Å². The highest BCUT2D eigenvalue weighted by Crippen LogP contribution is 2.41. The Balaban J connectivity index is 1.66. The molecule has 0 aromatic carbocycles. The van der Waals surface area contributed by atoms with Crippen LogP contribution in [0.25, 0.3) is 0 Å². The molecule has 0 spiro atoms. The normalized spacial score (nSPS) is 26.9. The molecule has 4 amide bonds. The van der Waals surface area contributed by atoms with Crippen LogP contribution in [0.3, 0.4) is 0 Å². The zero-order valence-corrected chi connectivity index (χ0v) is 27.2. The standard InChI is InChI=1S/C31H55N5O7/c1-8-19(2)27(35(5)26(39)18-33-31(41)28-21-11-12-22(16-21)34(28)4)24(42-6)17-25(38)36-14-9-10-23(36)29(43-7)20(3)30(40)32-13-15-37/h19-24,27-29,37H,8-18H2,1-7H3,(H,32,40)(H,33,41)/t19-,20+,21-,22+,23-,24+,27-,28-,29+/m0/s1. The van der Waals surface area contributed by atoms with Crippen LogP contribution in [-0.2, 0) is 28.7 Å². The first-order valence-corrected chi connectivity index (χ1v) is 16.0. The number of nitrogens with zero attached hydrogens (tertiary/aromatic N) is 3. The number of rotatable bonds is 16. The Morgan fingerprint density at radius 1 is 1.07 bits per heavy atom. The minimum Gasteiger partial charge on any atom is -0.395 e. The summed E-state index contributed by atoms with van der Waals surface area (Å²) in [5.74, 6) is -0.784. The average molecular weight is 610 g/mol. The van der Waals surface area contributed by atoms with Crippen molar-refractivity contribution in [2.75, 3.05) is 54.6 Å². The Labute approximate surface area is 257 Å². The number of carbonyl (C=O) groups is 4. The number of piperidine rings is 1. The quantitative estimate of drug-likeness (QED) is 0.231. The second-order valence-electron chi connectivity index (χ2n) is 12.7. The van der Waals surface area contributed by atoms with Crippen molar-refractivity contribution in [1.82, 2.24) is 25.3 Å². The Morgan fingerprint density at radius 3 is 2.37 bits per heavy atom. The molecule has 3 aliphatic rings. The van der Waals surface area contributed by atoms with Crippen molar-refractivity contribution in [2.45, 2.75) is 102 Å². The summed E-state index contributed by atoms with van der Waals surface area (Å²) in [7, 11) is 6.82. The van der Waals surface area contributed by atoms with E-state index in [2.05, 4.69) is 15.5 Å². The van der Waals surface area contributed by atoms with E-state index < -0.39 is 18.1 Å². The smallest absolute Gasteiger partial charge is 0.242 e. The monoisotopic (exact) mass is 609 g/mol. The SMILES string of the molecule is CC[C@H](C)[C@@H]([C@@H](CC(=O)N1CCC[C@H]1[C@H](OC)[C@@H](C)C(=O)NCCO)OC)N(C)C(=O)CNC(=O)[C@@H]1[C@H]2CC[C@H](C2)N1C. The molecule has 0 radical (unpaired) electrons. The number of methoxy groups -OCH3 is 2. The molecule has 3 N–H and O–H groups in total. The van der Waals surface area contributed by atoms with Crippen molar-refractivity contribution < 1.29 is 33.8 Å². The topological polar surface area (TPSA) is 141 Å². The molecule has 0 aromatic heterocycles. The van der Waals surface area contributed by atoms with Gasteiger partial charge in [-0.1, -0.05) is 27.2 Å². The lowest BCUT2D eigenvalue weighted by molar-refractivity contribution is -0.146. The van der Waals surface area contributed by atoms with Crippen LogP contribution in [-0.4, -0.2) is 134 Å². The van der Waals surface area contributed by atoms with Crippen LogP contribution >= 0.6 is 0 Å². The Kier molecular flexibility index (Phi) is 13.2. The van der Waals surface area contributed by atoms with E-state index in [1.54, 1.807) is 38.0 Å². The molecule has 9 atom stereocenters. The van der Waals surface area contributed by atoms with Crippen LogP contribution in [0.5, 0.6) is 0 Å². The average Bonchev–Trinajstić information content (AvgIpc) is 3.75. The van der Waals surface area contributed by atoms with Gasteiger partial charge in [-0.3, -0.25) is 24.1 Å². The molecule has 3 fully saturated rings. The van der Waals surface area contributed by atoms with E-state index in [9.17, 15) is 19.2 Å². The fraction of sp³-hybridized carbons (Fsp3) is 0.871. The van der Waals surface area contributed by atoms with Gasteiger partial charge in [0.2, 0.25) is 23.6 Å². The van der Waals surface area contributed by atoms with Gasteiger partial charge in [0.05, 0.1) is 55.8 Å². The van der Waals surface area contributed by atoms with Crippen molar-refractivity contribution in [3.05, 3.63) is 0 Å². The summed E-state index contributed by atoms with van der Waals surface area (Å²) in [5, 5.41) is 14.7. The number of hydrogen-bond donors (Lipinski definition) is 3. The molecule has 1 saturated carbocycles. The number of fused-ring (bicyclic) bond motifs is 2. The van der Waals surface area contributed by atoms with Crippen LogP contribution in [0, 0.1) is 17.8 Å². The van der Waals surface area contributed by atoms with Gasteiger partial charge in [0.1, 0.15) is 0 Å². The lowest BCUT2D eigenvalue weighted by Crippen LogP contribution is -2.55. The predicted octanol–water partition coefficient (Wildman–Crippen LogP) is 0.614. The first-order valence-electron chi connectivity index (χ1n) is 16.0. The van der Waals surface area contributed by atoms with Crippen molar-refractivity contribution in [2.24, 2.45) is 17.8 Å². The van der Waals surface area contributed by atoms with Gasteiger partial charge in [0.25, 0.3) is 0 Å². The van der Waals surface area contributed by atoms with E-state index in [4.69, 9.17) is 14.6 Å². The molecule has 2 bridgehead atoms. The third-order valence-electron chi connectivity index (χ3n) is 10.3. The second kappa shape index (κ2) is 16.2. The van der Waals surface area contributed by atoms with Crippen LogP contribution in [0.15, 0.2) is 0 Å². The Morgan fingerprint density at radius 2 is 1.79 bits per heavy atom. The zero-order valence-electron chi connectivity index (χ0n) is 27.2. The maximum atomic E-state index is 13.8. The molecular weight excluding hydrogens is 554 g/mol. The molecule has 3 rings (SSSR count). The number of likely N-dealkylation sites (N-methyl/N-ethyl adjacent to an activating group) is 2. The highest BCUT2D eigenvalue weighted by molar-refractivity contribution is 5.88. The minimum absolute atomic E-state index is 0.0374. The molecule has 0 aromatic rings. The molecule has 2 aliphatic heterocycles. The summed E-state index contributed by atoms with van der Waals surface area (Å²) in [6, 6.07) is -0.379. The predicted molar refractivity (Wildman–Crippen MR) is 162 cm³/mol. The summed E-state index contributed by atoms with van der Waals surface area (Å²) in [4.78, 5) is 58.4. The molecule has 12 nitrogen and oxygen atoms in total. The maximum absolute atomic E-state index is 13.8. The van der Waals surface area contributed by atoms with E-state index in [0.717, 1.165) is 32.1 Å². The molecule has 43 heavy (non-hydrogen) atoms. The number of hydrogen-bond acceptors (Lipinski definition) is 8. The minimum atomic E-state index is -0.559. The van der Waals surface area contributed by atoms with E-state index >= 15 is 0 Å². The van der Waals surface area contributed by atoms with Crippen LogP contribution in [0.2, 0.25) is 0 Å². The molecular formula is C31H55N5O7. The van der Waals surface area contributed by atoms with Crippen LogP contribution in [0.1, 0.15) is 65.7 Å². The number of likely N-dealkylation sites (tertiary alicyclic amines) is 2. The number of ether oxygens (including phenoxy) is 2. The van der Waals surface area contributed by atoms with Gasteiger partial charge in [-0.15, -0.1) is 0 Å². The largest absolute Gasteiger partial charge is 0.395 e. The van der Waals surface area contributed by atoms with E-state index in [-0.39, 0.29) is 73.8 Å². The summed E-state index contributed by atoms with van der Waals surface area (Å²) >= 11 is 0. The molecule has 246 valence electrons. The van der Waals surface area contributed by atoms with E-state index in [1.165, 1.54) is 0 Å². The highest BCUT2D eigenvalue weighted by Gasteiger charge is 2.47. The van der Waals surface area contributed by atoms with Gasteiger partial charge >= 0.3 is 0 Å². The van der Waals surface area contributed by atoms with Crippen LogP contribution in [0.4, 0.5) is 0 Å². The van der Waals surface area contributed by atoms with Gasteiger partial charge in [0, 0.05) is 40.4 Å². The third kappa shape index (κ3) is 8.06. The van der Waals surface area contributed by atoms with Gasteiger partial charge in [0.15, 0.2) is 0 Å². The summed E-state index contributed by atoms with van der Waals surface area (Å²) in [6.07, 6.45) is 4.52. The summed E-state index contributed by atoms with van der Waals surface area (Å²) < 4.78 is 11.6. The van der Waals surface area contributed by atoms with Gasteiger partial charge < -0.3 is 35.0 Å². The molecule has 2 saturated heterocycles. The Hall–Kier alpha value is -2.28. The van der Waals surface area contributed by atoms with Crippen LogP contribution < -0.4 is 10.6 Å². The molecule has 0 unspecified atom stereocenters. The molecule has 1 aliphatic carbocycles. The molecule has 12 heteroatoms. The third-order valence-corrected chi connectivity index (χ3v) is 10.3. The number of aliphatic hydroxyl groups excluding tert-OH is 1. The number of nitrogens with one attached hydrogen (secondary N) is 2. The maximum Gasteiger partial charge on any atom is 0.242 e. The number of aliphatic hydroxyl groups is 1. The number of carbonyl (C=O) groups excluding carboxylic acids is 4. The first kappa shape index (κ1) is 35.2. The fourth-order valence-electron chi connectivity index (χ4n) is 7.66. The zero-order chi connectivity index (χ0) is 31.8. The summed E-state index contributed by atoms with van der Waals surface area (Å²) in [6.45, 7) is 6.31. The lowest BCUT2D eigenvalue weighted by atomic mass is 9.90. The van der Waals surface area contributed by atoms with Gasteiger partial charge in [-0.25, -0.2) is 0 Å². The first-order chi connectivity index (χ1) is 20.5. The van der Waals surface area contributed by atoms with Crippen molar-refractivity contribution in [3.63, 3.8) is 0 Å². The second-order valence-corrected chi connectivity index (χ2v) is 12.7. The lowest BCUT2D eigenvalue weighted by Gasteiger charge is -2.39. The summed E-state index contributed by atoms with van der Waals surface area (Å²) in [5.41, 5.74) is 0. The Bertz CT molecular complexity index is 965. The van der Waals surface area contributed by atoms with Crippen molar-refractivity contribution in [1.29, 1.82) is 0 Å². The van der Waals surface area contributed by atoms with Gasteiger partial charge in [-0.2, -0.15) is 0 Å². The molecule has 2 heterocycles. The fourth-order valence-corrected chi connectivity index (χ4v) is 7.66. The highest BCUT2D eigenvalue weighted by atomic mass is 16.5. The van der Waals surface area contributed by atoms with E-state index in [0.29, 0.717) is 24.9 Å².